The Hall–Kier alpha value is -1.65. The molecule has 3 rings (SSSR count). The summed E-state index contributed by atoms with van der Waals surface area (Å²) in [5, 5.41) is 4.27. The molecule has 1 aromatic carbocycles. The molecule has 1 fully saturated rings. The lowest BCUT2D eigenvalue weighted by molar-refractivity contribution is 0.0638. The van der Waals surface area contributed by atoms with Crippen molar-refractivity contribution in [2.45, 2.75) is 31.5 Å². The normalized spacial score (nSPS) is 22.8. The van der Waals surface area contributed by atoms with Gasteiger partial charge in [0.05, 0.1) is 12.3 Å². The Bertz CT molecular complexity index is 566. The van der Waals surface area contributed by atoms with Crippen LogP contribution < -0.4 is 0 Å². The van der Waals surface area contributed by atoms with Crippen molar-refractivity contribution in [3.8, 4) is 0 Å². The topological polar surface area (TPSA) is 30.3 Å². The fraction of sp³-hybridized carbons (Fsp3) is 0.471. The molecule has 1 saturated heterocycles. The predicted molar refractivity (Wildman–Crippen MR) is 83.0 cm³/mol. The van der Waals surface area contributed by atoms with Crippen molar-refractivity contribution >= 4 is 0 Å². The SMILES string of the molecule is CO[C@@H]1CCN(Cc2cnn(C)c2)[C@@H]1Cc1ccccc1. The van der Waals surface area contributed by atoms with E-state index >= 15 is 0 Å². The Morgan fingerprint density at radius 1 is 1.24 bits per heavy atom. The molecule has 2 atom stereocenters. The molecule has 21 heavy (non-hydrogen) atoms. The van der Waals surface area contributed by atoms with Crippen LogP contribution in [0.3, 0.4) is 0 Å². The van der Waals surface area contributed by atoms with Crippen molar-refractivity contribution in [2.24, 2.45) is 7.05 Å². The average Bonchev–Trinajstić information content (AvgIpc) is 3.08. The molecular weight excluding hydrogens is 262 g/mol. The number of methoxy groups -OCH3 is 1. The van der Waals surface area contributed by atoms with E-state index in [1.807, 2.05) is 25.0 Å². The quantitative estimate of drug-likeness (QED) is 0.844. The minimum atomic E-state index is 0.321. The van der Waals surface area contributed by atoms with Crippen LogP contribution in [0.15, 0.2) is 42.7 Å². The summed E-state index contributed by atoms with van der Waals surface area (Å²) in [6.45, 7) is 2.04. The maximum Gasteiger partial charge on any atom is 0.0742 e. The van der Waals surface area contributed by atoms with Crippen LogP contribution in [0.5, 0.6) is 0 Å². The first-order chi connectivity index (χ1) is 10.3. The molecule has 0 amide bonds. The van der Waals surface area contributed by atoms with Crippen LogP contribution in [-0.4, -0.2) is 40.5 Å². The van der Waals surface area contributed by atoms with E-state index < -0.39 is 0 Å². The van der Waals surface area contributed by atoms with E-state index in [0.717, 1.165) is 25.9 Å². The van der Waals surface area contributed by atoms with Crippen LogP contribution in [-0.2, 0) is 24.8 Å². The highest BCUT2D eigenvalue weighted by atomic mass is 16.5. The molecule has 1 aliphatic rings. The smallest absolute Gasteiger partial charge is 0.0742 e. The van der Waals surface area contributed by atoms with Gasteiger partial charge in [-0.3, -0.25) is 9.58 Å². The standard InChI is InChI=1S/C17H23N3O/c1-19-12-15(11-18-19)13-20-9-8-17(21-2)16(20)10-14-6-4-3-5-7-14/h3-7,11-12,16-17H,8-10,13H2,1-2H3/t16-,17-/m1/s1. The molecule has 1 aliphatic heterocycles. The number of hydrogen-bond donors (Lipinski definition) is 0. The monoisotopic (exact) mass is 285 g/mol. The molecule has 0 N–H and O–H groups in total. The maximum atomic E-state index is 5.71. The van der Waals surface area contributed by atoms with E-state index in [2.05, 4.69) is 46.5 Å². The highest BCUT2D eigenvalue weighted by molar-refractivity contribution is 5.17. The third-order valence-electron chi connectivity index (χ3n) is 4.33. The molecular formula is C17H23N3O. The van der Waals surface area contributed by atoms with Crippen molar-refractivity contribution < 1.29 is 4.74 Å². The summed E-state index contributed by atoms with van der Waals surface area (Å²) in [6, 6.07) is 11.1. The molecule has 0 radical (unpaired) electrons. The first-order valence-corrected chi connectivity index (χ1v) is 7.54. The van der Waals surface area contributed by atoms with Gasteiger partial charge in [-0.05, 0) is 18.4 Å². The molecule has 0 unspecified atom stereocenters. The van der Waals surface area contributed by atoms with Crippen molar-refractivity contribution in [2.75, 3.05) is 13.7 Å². The number of aromatic nitrogens is 2. The van der Waals surface area contributed by atoms with Crippen molar-refractivity contribution in [3.05, 3.63) is 53.9 Å². The van der Waals surface area contributed by atoms with Gasteiger partial charge in [0.15, 0.2) is 0 Å². The minimum Gasteiger partial charge on any atom is -0.380 e. The molecule has 112 valence electrons. The van der Waals surface area contributed by atoms with Crippen molar-refractivity contribution in [3.63, 3.8) is 0 Å². The van der Waals surface area contributed by atoms with Gasteiger partial charge in [-0.1, -0.05) is 30.3 Å². The Morgan fingerprint density at radius 2 is 2.05 bits per heavy atom. The van der Waals surface area contributed by atoms with Crippen LogP contribution in [0.1, 0.15) is 17.5 Å². The summed E-state index contributed by atoms with van der Waals surface area (Å²) in [5.74, 6) is 0. The van der Waals surface area contributed by atoms with E-state index in [-0.39, 0.29) is 0 Å². The highest BCUT2D eigenvalue weighted by Gasteiger charge is 2.34. The van der Waals surface area contributed by atoms with Crippen LogP contribution in [0.25, 0.3) is 0 Å². The molecule has 4 nitrogen and oxygen atoms in total. The first kappa shape index (κ1) is 14.3. The van der Waals surface area contributed by atoms with Gasteiger partial charge in [-0.2, -0.15) is 5.10 Å². The van der Waals surface area contributed by atoms with Crippen molar-refractivity contribution in [1.29, 1.82) is 0 Å². The van der Waals surface area contributed by atoms with Gasteiger partial charge in [-0.25, -0.2) is 0 Å². The third-order valence-corrected chi connectivity index (χ3v) is 4.33. The van der Waals surface area contributed by atoms with Crippen LogP contribution >= 0.6 is 0 Å². The summed E-state index contributed by atoms with van der Waals surface area (Å²) in [5.41, 5.74) is 2.65. The number of likely N-dealkylation sites (tertiary alicyclic amines) is 1. The Kier molecular flexibility index (Phi) is 4.36. The number of ether oxygens (including phenoxy) is 1. The number of rotatable bonds is 5. The Labute approximate surface area is 126 Å². The lowest BCUT2D eigenvalue weighted by Crippen LogP contribution is -2.37. The number of benzene rings is 1. The van der Waals surface area contributed by atoms with Gasteiger partial charge in [0.1, 0.15) is 0 Å². The molecule has 2 heterocycles. The average molecular weight is 285 g/mol. The number of hydrogen-bond acceptors (Lipinski definition) is 3. The first-order valence-electron chi connectivity index (χ1n) is 7.54. The molecule has 2 aromatic rings. The van der Waals surface area contributed by atoms with Gasteiger partial charge in [0.25, 0.3) is 0 Å². The summed E-state index contributed by atoms with van der Waals surface area (Å²) >= 11 is 0. The lowest BCUT2D eigenvalue weighted by atomic mass is 10.0. The zero-order valence-electron chi connectivity index (χ0n) is 12.8. The summed E-state index contributed by atoms with van der Waals surface area (Å²) in [4.78, 5) is 2.53. The third kappa shape index (κ3) is 3.34. The van der Waals surface area contributed by atoms with Gasteiger partial charge in [0, 0.05) is 45.0 Å². The number of nitrogens with zero attached hydrogens (tertiary/aromatic N) is 3. The number of aryl methyl sites for hydroxylation is 1. The zero-order valence-corrected chi connectivity index (χ0v) is 12.8. The van der Waals surface area contributed by atoms with Gasteiger partial charge in [0.2, 0.25) is 0 Å². The second-order valence-electron chi connectivity index (χ2n) is 5.81. The summed E-state index contributed by atoms with van der Waals surface area (Å²) in [6.07, 6.45) is 6.52. The Balaban J connectivity index is 1.72. The van der Waals surface area contributed by atoms with E-state index in [1.165, 1.54) is 11.1 Å². The fourth-order valence-electron chi connectivity index (χ4n) is 3.26. The summed E-state index contributed by atoms with van der Waals surface area (Å²) in [7, 11) is 3.79. The van der Waals surface area contributed by atoms with Gasteiger partial charge in [-0.15, -0.1) is 0 Å². The largest absolute Gasteiger partial charge is 0.380 e. The van der Waals surface area contributed by atoms with E-state index in [4.69, 9.17) is 4.74 Å². The highest BCUT2D eigenvalue weighted by Crippen LogP contribution is 2.25. The fourth-order valence-corrected chi connectivity index (χ4v) is 3.26. The van der Waals surface area contributed by atoms with Crippen LogP contribution in [0.4, 0.5) is 0 Å². The Morgan fingerprint density at radius 3 is 2.71 bits per heavy atom. The molecule has 0 spiro atoms. The molecule has 0 saturated carbocycles. The molecule has 1 aromatic heterocycles. The van der Waals surface area contributed by atoms with Gasteiger partial charge >= 0.3 is 0 Å². The van der Waals surface area contributed by atoms with E-state index in [1.54, 1.807) is 0 Å². The van der Waals surface area contributed by atoms with Crippen LogP contribution in [0.2, 0.25) is 0 Å². The van der Waals surface area contributed by atoms with E-state index in [0.29, 0.717) is 12.1 Å². The van der Waals surface area contributed by atoms with Crippen molar-refractivity contribution in [1.82, 2.24) is 14.7 Å². The lowest BCUT2D eigenvalue weighted by Gasteiger charge is -2.27. The maximum absolute atomic E-state index is 5.71. The molecule has 0 aliphatic carbocycles. The predicted octanol–water partition coefficient (Wildman–Crippen LogP) is 2.25. The molecule has 4 heteroatoms. The molecule has 0 bridgehead atoms. The van der Waals surface area contributed by atoms with Crippen LogP contribution in [0, 0.1) is 0 Å². The second-order valence-corrected chi connectivity index (χ2v) is 5.81. The zero-order chi connectivity index (χ0) is 14.7. The summed E-state index contributed by atoms with van der Waals surface area (Å²) < 4.78 is 7.57. The van der Waals surface area contributed by atoms with E-state index in [9.17, 15) is 0 Å². The second kappa shape index (κ2) is 6.41. The van der Waals surface area contributed by atoms with Gasteiger partial charge < -0.3 is 4.74 Å². The minimum absolute atomic E-state index is 0.321.